The van der Waals surface area contributed by atoms with Crippen LogP contribution in [0.5, 0.6) is 0 Å². The van der Waals surface area contributed by atoms with Crippen LogP contribution in [0.25, 0.3) is 0 Å². The molecule has 0 atom stereocenters. The van der Waals surface area contributed by atoms with Gasteiger partial charge in [0, 0.05) is 19.3 Å². The van der Waals surface area contributed by atoms with Crippen LogP contribution in [0, 0.1) is 0 Å². The molecule has 0 aliphatic carbocycles. The molecule has 63 heavy (non-hydrogen) atoms. The lowest BCUT2D eigenvalue weighted by Crippen LogP contribution is -2.30. The van der Waals surface area contributed by atoms with E-state index in [1.54, 1.807) is 0 Å². The Morgan fingerprint density at radius 3 is 0.841 bits per heavy atom. The monoisotopic (exact) mass is 879 g/mol. The zero-order valence-corrected chi connectivity index (χ0v) is 41.3. The Kier molecular flexibility index (Phi) is 48.9. The molecule has 0 unspecified atom stereocenters. The molecule has 6 nitrogen and oxygen atoms in total. The van der Waals surface area contributed by atoms with Gasteiger partial charge in [0.2, 0.25) is 0 Å². The number of hydrogen-bond acceptors (Lipinski definition) is 6. The maximum absolute atomic E-state index is 12.8. The van der Waals surface area contributed by atoms with E-state index in [0.29, 0.717) is 19.3 Å². The lowest BCUT2D eigenvalue weighted by Gasteiger charge is -2.18. The van der Waals surface area contributed by atoms with Crippen LogP contribution in [0.2, 0.25) is 0 Å². The maximum atomic E-state index is 12.8. The summed E-state index contributed by atoms with van der Waals surface area (Å²) in [5.74, 6) is -0.937. The molecule has 0 heterocycles. The molecule has 0 aliphatic heterocycles. The first-order chi connectivity index (χ1) is 31.0. The Morgan fingerprint density at radius 1 is 0.317 bits per heavy atom. The van der Waals surface area contributed by atoms with Crippen molar-refractivity contribution in [1.29, 1.82) is 0 Å². The van der Waals surface area contributed by atoms with E-state index in [4.69, 9.17) is 14.2 Å². The summed E-state index contributed by atoms with van der Waals surface area (Å²) in [5.41, 5.74) is 0. The first-order valence-electron chi connectivity index (χ1n) is 26.5. The highest BCUT2D eigenvalue weighted by Crippen LogP contribution is 2.13. The van der Waals surface area contributed by atoms with Gasteiger partial charge in [-0.05, 0) is 96.3 Å². The molecule has 0 aromatic carbocycles. The number of allylic oxidation sites excluding steroid dienone is 12. The standard InChI is InChI=1S/C57H98O6/c1-4-7-10-13-16-19-22-25-28-31-34-37-40-43-46-49-55(58)61-52-54(63-57(60)51-48-45-42-39-36-33-30-27-24-21-18-15-12-9-6-3)53-62-56(59)50-47-44-41-38-35-32-29-26-23-20-17-14-11-8-5-2/h19-30,54H,4-18,31-53H2,1-3H3. The summed E-state index contributed by atoms with van der Waals surface area (Å²) in [6, 6.07) is 0. The van der Waals surface area contributed by atoms with Crippen molar-refractivity contribution in [2.45, 2.75) is 258 Å². The van der Waals surface area contributed by atoms with Crippen LogP contribution in [0.4, 0.5) is 0 Å². The predicted octanol–water partition coefficient (Wildman–Crippen LogP) is 17.4. The second-order valence-electron chi connectivity index (χ2n) is 17.5. The summed E-state index contributed by atoms with van der Waals surface area (Å²) < 4.78 is 16.8. The zero-order valence-electron chi connectivity index (χ0n) is 41.3. The number of esters is 3. The molecule has 0 saturated carbocycles. The average molecular weight is 879 g/mol. The Labute approximate surface area is 389 Å². The van der Waals surface area contributed by atoms with Gasteiger partial charge in [0.25, 0.3) is 0 Å². The quantitative estimate of drug-likeness (QED) is 0.0262. The number of ether oxygens (including phenoxy) is 3. The Bertz CT molecular complexity index is 1130. The first-order valence-corrected chi connectivity index (χ1v) is 26.5. The molecule has 6 heteroatoms. The average Bonchev–Trinajstić information content (AvgIpc) is 3.28. The highest BCUT2D eigenvalue weighted by Gasteiger charge is 2.19. The molecule has 0 aromatic rings. The summed E-state index contributed by atoms with van der Waals surface area (Å²) in [7, 11) is 0. The zero-order chi connectivity index (χ0) is 45.8. The minimum absolute atomic E-state index is 0.0951. The molecule has 0 amide bonds. The second-order valence-corrected chi connectivity index (χ2v) is 17.5. The van der Waals surface area contributed by atoms with Gasteiger partial charge in [0.15, 0.2) is 6.10 Å². The van der Waals surface area contributed by atoms with Gasteiger partial charge < -0.3 is 14.2 Å². The van der Waals surface area contributed by atoms with E-state index in [-0.39, 0.29) is 31.1 Å². The number of hydrogen-bond donors (Lipinski definition) is 0. The van der Waals surface area contributed by atoms with Gasteiger partial charge in [-0.25, -0.2) is 0 Å². The van der Waals surface area contributed by atoms with E-state index in [9.17, 15) is 14.4 Å². The van der Waals surface area contributed by atoms with Crippen molar-refractivity contribution in [3.63, 3.8) is 0 Å². The second kappa shape index (κ2) is 51.5. The Balaban J connectivity index is 4.47. The molecule has 0 aliphatic rings. The molecule has 0 rings (SSSR count). The number of carbonyl (C=O) groups is 3. The summed E-state index contributed by atoms with van der Waals surface area (Å²) >= 11 is 0. The van der Waals surface area contributed by atoms with Crippen LogP contribution in [0.1, 0.15) is 252 Å². The summed E-state index contributed by atoms with van der Waals surface area (Å²) in [6.07, 6.45) is 64.4. The molecule has 0 aromatic heterocycles. The van der Waals surface area contributed by atoms with Gasteiger partial charge in [0.05, 0.1) is 0 Å². The molecule has 0 N–H and O–H groups in total. The normalized spacial score (nSPS) is 12.6. The fourth-order valence-electron chi connectivity index (χ4n) is 7.18. The maximum Gasteiger partial charge on any atom is 0.306 e. The van der Waals surface area contributed by atoms with Crippen molar-refractivity contribution in [3.8, 4) is 0 Å². The van der Waals surface area contributed by atoms with Gasteiger partial charge in [0.1, 0.15) is 13.2 Å². The van der Waals surface area contributed by atoms with E-state index >= 15 is 0 Å². The minimum atomic E-state index is -0.796. The lowest BCUT2D eigenvalue weighted by atomic mass is 10.1. The van der Waals surface area contributed by atoms with Crippen LogP contribution in [0.3, 0.4) is 0 Å². The fourth-order valence-corrected chi connectivity index (χ4v) is 7.18. The Hall–Kier alpha value is -3.15. The van der Waals surface area contributed by atoms with Crippen molar-refractivity contribution < 1.29 is 28.6 Å². The van der Waals surface area contributed by atoms with Gasteiger partial charge in [-0.1, -0.05) is 209 Å². The van der Waals surface area contributed by atoms with Crippen LogP contribution < -0.4 is 0 Å². The van der Waals surface area contributed by atoms with E-state index in [1.807, 2.05) is 0 Å². The van der Waals surface area contributed by atoms with Crippen molar-refractivity contribution in [1.82, 2.24) is 0 Å². The third-order valence-electron chi connectivity index (χ3n) is 11.2. The van der Waals surface area contributed by atoms with Crippen molar-refractivity contribution in [3.05, 3.63) is 72.9 Å². The SMILES string of the molecule is CCCCCCC=CC=CCCCCCCCC(=O)OCC(COC(=O)CCCCCCCC=CC=CCCCCCC)OC(=O)CCCCCCCC=CC=CCCCCCC. The largest absolute Gasteiger partial charge is 0.462 e. The van der Waals surface area contributed by atoms with E-state index in [0.717, 1.165) is 122 Å². The molecule has 0 saturated heterocycles. The van der Waals surface area contributed by atoms with E-state index in [2.05, 4.69) is 93.7 Å². The van der Waals surface area contributed by atoms with E-state index < -0.39 is 6.10 Å². The van der Waals surface area contributed by atoms with Crippen molar-refractivity contribution in [2.24, 2.45) is 0 Å². The van der Waals surface area contributed by atoms with Gasteiger partial charge in [-0.3, -0.25) is 14.4 Å². The van der Waals surface area contributed by atoms with Gasteiger partial charge in [-0.15, -0.1) is 0 Å². The van der Waals surface area contributed by atoms with E-state index in [1.165, 1.54) is 89.9 Å². The first kappa shape index (κ1) is 59.9. The smallest absolute Gasteiger partial charge is 0.306 e. The number of carbonyl (C=O) groups excluding carboxylic acids is 3. The van der Waals surface area contributed by atoms with Crippen molar-refractivity contribution >= 4 is 17.9 Å². The summed E-state index contributed by atoms with van der Waals surface area (Å²) in [5, 5.41) is 0. The summed E-state index contributed by atoms with van der Waals surface area (Å²) in [4.78, 5) is 38.0. The Morgan fingerprint density at radius 2 is 0.556 bits per heavy atom. The van der Waals surface area contributed by atoms with Crippen LogP contribution in [-0.2, 0) is 28.6 Å². The molecule has 0 bridgehead atoms. The fraction of sp³-hybridized carbons (Fsp3) is 0.737. The predicted molar refractivity (Wildman–Crippen MR) is 270 cm³/mol. The highest BCUT2D eigenvalue weighted by atomic mass is 16.6. The third-order valence-corrected chi connectivity index (χ3v) is 11.2. The van der Waals surface area contributed by atoms with Crippen LogP contribution in [-0.4, -0.2) is 37.2 Å². The molecular formula is C57H98O6. The van der Waals surface area contributed by atoms with Gasteiger partial charge in [-0.2, -0.15) is 0 Å². The molecule has 362 valence electrons. The lowest BCUT2D eigenvalue weighted by molar-refractivity contribution is -0.167. The van der Waals surface area contributed by atoms with Gasteiger partial charge >= 0.3 is 17.9 Å². The molecular weight excluding hydrogens is 781 g/mol. The molecule has 0 spiro atoms. The third kappa shape index (κ3) is 49.7. The molecule has 0 fully saturated rings. The van der Waals surface area contributed by atoms with Crippen LogP contribution >= 0.6 is 0 Å². The highest BCUT2D eigenvalue weighted by molar-refractivity contribution is 5.71. The topological polar surface area (TPSA) is 78.9 Å². The van der Waals surface area contributed by atoms with Crippen molar-refractivity contribution in [2.75, 3.05) is 13.2 Å². The number of rotatable bonds is 47. The van der Waals surface area contributed by atoms with Crippen LogP contribution in [0.15, 0.2) is 72.9 Å². The number of unbranched alkanes of at least 4 members (excludes halogenated alkanes) is 27. The summed E-state index contributed by atoms with van der Waals surface area (Å²) in [6.45, 7) is 6.54. The minimum Gasteiger partial charge on any atom is -0.462 e. The molecule has 0 radical (unpaired) electrons.